The molecule has 11 rings (SSSR count). The van der Waals surface area contributed by atoms with Crippen LogP contribution in [0.4, 0.5) is 34.1 Å². The molecule has 80 heavy (non-hydrogen) atoms. The zero-order valence-corrected chi connectivity index (χ0v) is 45.7. The van der Waals surface area contributed by atoms with Crippen LogP contribution in [0.5, 0.6) is 0 Å². The predicted octanol–water partition coefficient (Wildman–Crippen LogP) is 21.1. The highest BCUT2D eigenvalue weighted by molar-refractivity contribution is 5.92. The molecule has 2 nitrogen and oxygen atoms in total. The number of aryl methyl sites for hydroxylation is 2. The van der Waals surface area contributed by atoms with E-state index in [4.69, 9.17) is 0 Å². The fraction of sp³-hybridized carbons (Fsp3) is 0.0769. The lowest BCUT2D eigenvalue weighted by Crippen LogP contribution is -2.12. The third kappa shape index (κ3) is 12.6. The number of para-hydroxylation sites is 2. The Balaban J connectivity index is 0.773. The summed E-state index contributed by atoms with van der Waals surface area (Å²) in [6, 6.07) is 105. The smallest absolute Gasteiger partial charge is 0.0493 e. The zero-order valence-electron chi connectivity index (χ0n) is 45.7. The van der Waals surface area contributed by atoms with Crippen molar-refractivity contribution >= 4 is 70.1 Å². The van der Waals surface area contributed by atoms with Gasteiger partial charge in [-0.3, -0.25) is 0 Å². The Morgan fingerprint density at radius 2 is 0.613 bits per heavy atom. The molecule has 0 atom stereocenters. The highest BCUT2D eigenvalue weighted by Crippen LogP contribution is 2.40. The van der Waals surface area contributed by atoms with E-state index in [1.165, 1.54) is 55.9 Å². The van der Waals surface area contributed by atoms with Crippen LogP contribution >= 0.6 is 0 Å². The van der Waals surface area contributed by atoms with Gasteiger partial charge in [-0.25, -0.2) is 0 Å². The first-order chi connectivity index (χ1) is 39.6. The van der Waals surface area contributed by atoms with E-state index in [1.54, 1.807) is 0 Å². The van der Waals surface area contributed by atoms with Crippen LogP contribution in [0.15, 0.2) is 291 Å². The lowest BCUT2D eigenvalue weighted by atomic mass is 9.86. The van der Waals surface area contributed by atoms with Gasteiger partial charge in [0.05, 0.1) is 0 Å². The third-order valence-electron chi connectivity index (χ3n) is 15.1. The number of nitrogens with zero attached hydrogens (tertiary/aromatic N) is 2. The van der Waals surface area contributed by atoms with E-state index in [-0.39, 0.29) is 5.92 Å². The van der Waals surface area contributed by atoms with Gasteiger partial charge >= 0.3 is 0 Å². The molecule has 0 aromatic heterocycles. The summed E-state index contributed by atoms with van der Waals surface area (Å²) in [5.74, 6) is 0.277. The monoisotopic (exact) mass is 1030 g/mol. The van der Waals surface area contributed by atoms with E-state index >= 15 is 0 Å². The number of hydrogen-bond acceptors (Lipinski definition) is 2. The maximum absolute atomic E-state index is 2.40. The molecule has 0 heterocycles. The first kappa shape index (κ1) is 52.3. The second kappa shape index (κ2) is 25.6. The molecule has 2 heteroatoms. The summed E-state index contributed by atoms with van der Waals surface area (Å²) in [5.41, 5.74) is 22.8. The SMILES string of the molecule is CCc1ccccc1N(c1ccc(C=Cc2ccc(C=Cc3ccc(N(c4ccc(CC(c5ccccc5)c5ccccc5)cc4)c4ccccc4CC)cc3)cc2)cc1)c1ccc(C=C(c2ccccc2)c2ccccc2)cc1. The zero-order chi connectivity index (χ0) is 54.3. The summed E-state index contributed by atoms with van der Waals surface area (Å²) in [6.07, 6.45) is 13.9. The predicted molar refractivity (Wildman–Crippen MR) is 344 cm³/mol. The summed E-state index contributed by atoms with van der Waals surface area (Å²) in [7, 11) is 0. The Bertz CT molecular complexity index is 3720. The lowest BCUT2D eigenvalue weighted by molar-refractivity contribution is 0.805. The van der Waals surface area contributed by atoms with E-state index in [0.29, 0.717) is 0 Å². The van der Waals surface area contributed by atoms with Crippen LogP contribution in [0.3, 0.4) is 0 Å². The molecule has 0 saturated carbocycles. The molecule has 0 N–H and O–H groups in total. The van der Waals surface area contributed by atoms with Crippen molar-refractivity contribution in [3.8, 4) is 0 Å². The molecule has 0 radical (unpaired) electrons. The Morgan fingerprint density at radius 1 is 0.312 bits per heavy atom. The summed E-state index contributed by atoms with van der Waals surface area (Å²) < 4.78 is 0. The maximum Gasteiger partial charge on any atom is 0.0493 e. The number of hydrogen-bond donors (Lipinski definition) is 0. The fourth-order valence-corrected chi connectivity index (χ4v) is 10.8. The van der Waals surface area contributed by atoms with Crippen molar-refractivity contribution < 1.29 is 0 Å². The number of benzene rings is 11. The minimum absolute atomic E-state index is 0.277. The average molecular weight is 1030 g/mol. The van der Waals surface area contributed by atoms with Crippen LogP contribution in [0.25, 0.3) is 36.0 Å². The van der Waals surface area contributed by atoms with E-state index in [9.17, 15) is 0 Å². The van der Waals surface area contributed by atoms with Gasteiger partial charge < -0.3 is 9.80 Å². The van der Waals surface area contributed by atoms with Gasteiger partial charge in [-0.05, 0) is 158 Å². The van der Waals surface area contributed by atoms with E-state index in [0.717, 1.165) is 69.8 Å². The van der Waals surface area contributed by atoms with Crippen molar-refractivity contribution in [3.05, 3.63) is 358 Å². The van der Waals surface area contributed by atoms with Gasteiger partial charge in [-0.1, -0.05) is 269 Å². The molecule has 388 valence electrons. The minimum Gasteiger partial charge on any atom is -0.310 e. The maximum atomic E-state index is 2.40. The topological polar surface area (TPSA) is 6.48 Å². The molecule has 0 bridgehead atoms. The van der Waals surface area contributed by atoms with Crippen LogP contribution in [0, 0.1) is 0 Å². The van der Waals surface area contributed by atoms with Crippen molar-refractivity contribution in [2.75, 3.05) is 9.80 Å². The van der Waals surface area contributed by atoms with Gasteiger partial charge in [0.15, 0.2) is 0 Å². The van der Waals surface area contributed by atoms with Crippen LogP contribution in [-0.2, 0) is 19.3 Å². The van der Waals surface area contributed by atoms with Crippen molar-refractivity contribution in [2.45, 2.75) is 39.0 Å². The Morgan fingerprint density at radius 3 is 0.975 bits per heavy atom. The van der Waals surface area contributed by atoms with Gasteiger partial charge in [0.2, 0.25) is 0 Å². The van der Waals surface area contributed by atoms with Crippen molar-refractivity contribution in [1.82, 2.24) is 0 Å². The molecule has 0 aliphatic heterocycles. The van der Waals surface area contributed by atoms with E-state index in [1.807, 2.05) is 0 Å². The summed E-state index contributed by atoms with van der Waals surface area (Å²) in [6.45, 7) is 4.46. The van der Waals surface area contributed by atoms with Crippen LogP contribution < -0.4 is 9.80 Å². The van der Waals surface area contributed by atoms with Crippen molar-refractivity contribution in [3.63, 3.8) is 0 Å². The molecule has 11 aromatic rings. The molecule has 0 saturated heterocycles. The van der Waals surface area contributed by atoms with Crippen LogP contribution in [-0.4, -0.2) is 0 Å². The highest BCUT2D eigenvalue weighted by atomic mass is 15.1. The fourth-order valence-electron chi connectivity index (χ4n) is 10.8. The molecular weight excluding hydrogens is 965 g/mol. The van der Waals surface area contributed by atoms with Crippen molar-refractivity contribution in [2.24, 2.45) is 0 Å². The highest BCUT2D eigenvalue weighted by Gasteiger charge is 2.19. The first-order valence-electron chi connectivity index (χ1n) is 28.1. The van der Waals surface area contributed by atoms with E-state index in [2.05, 4.69) is 345 Å². The van der Waals surface area contributed by atoms with Gasteiger partial charge in [-0.15, -0.1) is 0 Å². The van der Waals surface area contributed by atoms with Gasteiger partial charge in [-0.2, -0.15) is 0 Å². The normalized spacial score (nSPS) is 11.3. The van der Waals surface area contributed by atoms with Gasteiger partial charge in [0.25, 0.3) is 0 Å². The van der Waals surface area contributed by atoms with Gasteiger partial charge in [0.1, 0.15) is 0 Å². The molecular formula is C78H66N2. The molecule has 0 amide bonds. The molecule has 0 spiro atoms. The molecule has 0 aliphatic rings. The summed E-state index contributed by atoms with van der Waals surface area (Å²) in [5, 5.41) is 0. The minimum atomic E-state index is 0.277. The first-order valence-corrected chi connectivity index (χ1v) is 28.1. The second-order valence-corrected chi connectivity index (χ2v) is 20.3. The van der Waals surface area contributed by atoms with Crippen molar-refractivity contribution in [1.29, 1.82) is 0 Å². The Kier molecular flexibility index (Phi) is 16.7. The average Bonchev–Trinajstić information content (AvgIpc) is 3.56. The largest absolute Gasteiger partial charge is 0.310 e. The summed E-state index contributed by atoms with van der Waals surface area (Å²) >= 11 is 0. The second-order valence-electron chi connectivity index (χ2n) is 20.3. The molecule has 0 fully saturated rings. The van der Waals surface area contributed by atoms with Gasteiger partial charge in [0, 0.05) is 40.0 Å². The third-order valence-corrected chi connectivity index (χ3v) is 15.1. The Labute approximate surface area is 474 Å². The number of anilines is 6. The molecule has 0 aliphatic carbocycles. The lowest BCUT2D eigenvalue weighted by Gasteiger charge is -2.28. The molecule has 0 unspecified atom stereocenters. The van der Waals surface area contributed by atoms with E-state index < -0.39 is 0 Å². The van der Waals surface area contributed by atoms with Crippen LogP contribution in [0.2, 0.25) is 0 Å². The van der Waals surface area contributed by atoms with Crippen LogP contribution in [0.1, 0.15) is 86.5 Å². The molecule has 11 aromatic carbocycles. The standard InChI is InChI=1S/C78H66N2/c1-3-65-21-17-19-31-77(65)79(73-53-45-63(46-54-73)57-75(67-23-9-5-10-24-67)68-25-11-6-12-26-68)71-49-41-61(42-50-71)39-37-59-33-35-60(36-34-59)38-40-62-43-51-72(52-44-62)80(78-32-20-18-22-66(78)4-2)74-55-47-64(48-56-74)58-76(69-27-13-7-14-28-69)70-29-15-8-16-30-70/h5-57,76H,3-4,58H2,1-2H3. The summed E-state index contributed by atoms with van der Waals surface area (Å²) in [4.78, 5) is 4.78. The number of rotatable bonds is 19. The quantitative estimate of drug-likeness (QED) is 0.0745. The Hall–Kier alpha value is -9.76.